The number of carbonyl (C=O) groups is 1. The molecule has 0 unspecified atom stereocenters. The lowest BCUT2D eigenvalue weighted by atomic mass is 10.0. The monoisotopic (exact) mass is 374 g/mol. The number of hydrogen-bond donors (Lipinski definition) is 1. The molecule has 1 aromatic carbocycles. The number of rotatable bonds is 8. The number of Topliss-reactive ketones (excluding diaryl/α,β-unsaturated/α-hetero) is 1. The van der Waals surface area contributed by atoms with Gasteiger partial charge in [0.25, 0.3) is 0 Å². The van der Waals surface area contributed by atoms with Crippen molar-refractivity contribution in [2.24, 2.45) is 0 Å². The lowest BCUT2D eigenvalue weighted by Gasteiger charge is -2.09. The maximum absolute atomic E-state index is 14.4. The Morgan fingerprint density at radius 2 is 2.19 bits per heavy atom. The van der Waals surface area contributed by atoms with E-state index in [0.29, 0.717) is 16.8 Å². The Morgan fingerprint density at radius 3 is 2.92 bits per heavy atom. The van der Waals surface area contributed by atoms with Gasteiger partial charge in [-0.15, -0.1) is 11.8 Å². The topological polar surface area (TPSA) is 63.8 Å². The molecule has 0 bridgehead atoms. The van der Waals surface area contributed by atoms with Gasteiger partial charge >= 0.3 is 0 Å². The number of halogens is 1. The molecule has 3 aromatic rings. The molecule has 5 nitrogen and oxygen atoms in total. The number of hydrogen-bond acceptors (Lipinski definition) is 5. The molecule has 0 atom stereocenters. The SMILES string of the molecule is CSc1ccc(Cc2c(C(=O)COCCO)cc3ccncn23)c(F)c1. The zero-order valence-corrected chi connectivity index (χ0v) is 15.1. The minimum absolute atomic E-state index is 0.0980. The van der Waals surface area contributed by atoms with Crippen LogP contribution in [0.15, 0.2) is 47.8 Å². The second-order valence-corrected chi connectivity index (χ2v) is 6.59. The smallest absolute Gasteiger partial charge is 0.190 e. The van der Waals surface area contributed by atoms with Gasteiger partial charge in [0.15, 0.2) is 5.78 Å². The zero-order chi connectivity index (χ0) is 18.5. The molecule has 0 fully saturated rings. The van der Waals surface area contributed by atoms with Gasteiger partial charge in [-0.1, -0.05) is 6.07 Å². The number of carbonyl (C=O) groups excluding carboxylic acids is 1. The van der Waals surface area contributed by atoms with E-state index in [1.54, 1.807) is 35.1 Å². The Bertz CT molecular complexity index is 926. The highest BCUT2D eigenvalue weighted by molar-refractivity contribution is 7.98. The van der Waals surface area contributed by atoms with Gasteiger partial charge in [0.05, 0.1) is 19.5 Å². The van der Waals surface area contributed by atoms with Gasteiger partial charge in [-0.3, -0.25) is 4.79 Å². The van der Waals surface area contributed by atoms with Crippen LogP contribution >= 0.6 is 11.8 Å². The number of aromatic nitrogens is 2. The molecular formula is C19H19FN2O3S. The van der Waals surface area contributed by atoms with Crippen molar-refractivity contribution in [1.29, 1.82) is 0 Å². The molecule has 2 heterocycles. The van der Waals surface area contributed by atoms with Crippen molar-refractivity contribution in [3.8, 4) is 0 Å². The van der Waals surface area contributed by atoms with Crippen LogP contribution in [0.3, 0.4) is 0 Å². The molecule has 7 heteroatoms. The normalized spacial score (nSPS) is 11.2. The number of ketones is 1. The van der Waals surface area contributed by atoms with E-state index >= 15 is 0 Å². The van der Waals surface area contributed by atoms with Gasteiger partial charge in [-0.2, -0.15) is 0 Å². The van der Waals surface area contributed by atoms with Crippen molar-refractivity contribution in [2.75, 3.05) is 26.1 Å². The van der Waals surface area contributed by atoms with Crippen LogP contribution in [-0.4, -0.2) is 46.4 Å². The third-order valence-electron chi connectivity index (χ3n) is 4.07. The number of aliphatic hydroxyl groups excluding tert-OH is 1. The fourth-order valence-electron chi connectivity index (χ4n) is 2.78. The van der Waals surface area contributed by atoms with Gasteiger partial charge in [0.1, 0.15) is 12.4 Å². The zero-order valence-electron chi connectivity index (χ0n) is 14.3. The summed E-state index contributed by atoms with van der Waals surface area (Å²) in [6.45, 7) is -0.179. The summed E-state index contributed by atoms with van der Waals surface area (Å²) in [7, 11) is 0. The fourth-order valence-corrected chi connectivity index (χ4v) is 3.21. The van der Waals surface area contributed by atoms with E-state index in [9.17, 15) is 9.18 Å². The molecule has 0 amide bonds. The van der Waals surface area contributed by atoms with Crippen LogP contribution in [0.5, 0.6) is 0 Å². The summed E-state index contributed by atoms with van der Waals surface area (Å²) in [5, 5.41) is 8.79. The molecule has 26 heavy (non-hydrogen) atoms. The highest BCUT2D eigenvalue weighted by Gasteiger charge is 2.18. The van der Waals surface area contributed by atoms with E-state index in [1.165, 1.54) is 17.8 Å². The van der Waals surface area contributed by atoms with Crippen LogP contribution in [0.2, 0.25) is 0 Å². The molecular weight excluding hydrogens is 355 g/mol. The highest BCUT2D eigenvalue weighted by Crippen LogP contribution is 2.24. The van der Waals surface area contributed by atoms with Crippen molar-refractivity contribution < 1.29 is 19.0 Å². The summed E-state index contributed by atoms with van der Waals surface area (Å²) >= 11 is 1.48. The molecule has 3 rings (SSSR count). The van der Waals surface area contributed by atoms with E-state index in [4.69, 9.17) is 9.84 Å². The molecule has 0 saturated carbocycles. The first-order chi connectivity index (χ1) is 12.6. The summed E-state index contributed by atoms with van der Waals surface area (Å²) in [6, 6.07) is 8.66. The summed E-state index contributed by atoms with van der Waals surface area (Å²) in [5.41, 5.74) is 2.46. The van der Waals surface area contributed by atoms with Gasteiger partial charge < -0.3 is 14.2 Å². The molecule has 2 aromatic heterocycles. The predicted octanol–water partition coefficient (Wildman–Crippen LogP) is 2.98. The van der Waals surface area contributed by atoms with Crippen LogP contribution in [0.4, 0.5) is 4.39 Å². The van der Waals surface area contributed by atoms with Crippen molar-refractivity contribution in [1.82, 2.24) is 9.38 Å². The molecule has 0 saturated heterocycles. The van der Waals surface area contributed by atoms with Crippen LogP contribution < -0.4 is 0 Å². The minimum Gasteiger partial charge on any atom is -0.394 e. The third kappa shape index (κ3) is 3.95. The fraction of sp³-hybridized carbons (Fsp3) is 0.263. The summed E-state index contributed by atoms with van der Waals surface area (Å²) in [6.07, 6.45) is 5.42. The standard InChI is InChI=1S/C19H19FN2O3S/c1-26-15-3-2-13(17(20)10-15)8-18-16(19(24)11-25-7-6-23)9-14-4-5-21-12-22(14)18/h2-5,9-10,12,23H,6-8,11H2,1H3. The van der Waals surface area contributed by atoms with E-state index < -0.39 is 0 Å². The number of fused-ring (bicyclic) bond motifs is 1. The van der Waals surface area contributed by atoms with Gasteiger partial charge in [0, 0.05) is 34.3 Å². The Labute approximate surface area is 154 Å². The molecule has 0 aliphatic rings. The summed E-state index contributed by atoms with van der Waals surface area (Å²) < 4.78 is 21.4. The summed E-state index contributed by atoms with van der Waals surface area (Å²) in [5.74, 6) is -0.510. The van der Waals surface area contributed by atoms with E-state index in [1.807, 2.05) is 12.3 Å². The lowest BCUT2D eigenvalue weighted by Crippen LogP contribution is -2.13. The average Bonchev–Trinajstić information content (AvgIpc) is 3.02. The largest absolute Gasteiger partial charge is 0.394 e. The Balaban J connectivity index is 1.98. The summed E-state index contributed by atoms with van der Waals surface area (Å²) in [4.78, 5) is 17.5. The van der Waals surface area contributed by atoms with Crippen LogP contribution in [0.1, 0.15) is 21.6 Å². The number of nitrogens with zero attached hydrogens (tertiary/aromatic N) is 2. The van der Waals surface area contributed by atoms with E-state index in [0.717, 1.165) is 10.4 Å². The predicted molar refractivity (Wildman–Crippen MR) is 98.4 cm³/mol. The van der Waals surface area contributed by atoms with Crippen molar-refractivity contribution >= 4 is 23.1 Å². The van der Waals surface area contributed by atoms with Crippen LogP contribution in [0.25, 0.3) is 5.52 Å². The van der Waals surface area contributed by atoms with Gasteiger partial charge in [-0.05, 0) is 36.1 Å². The number of aliphatic hydroxyl groups is 1. The Morgan fingerprint density at radius 1 is 1.35 bits per heavy atom. The molecule has 1 N–H and O–H groups in total. The van der Waals surface area contributed by atoms with E-state index in [2.05, 4.69) is 4.98 Å². The maximum atomic E-state index is 14.4. The van der Waals surface area contributed by atoms with Crippen molar-refractivity contribution in [3.63, 3.8) is 0 Å². The van der Waals surface area contributed by atoms with Crippen LogP contribution in [-0.2, 0) is 11.2 Å². The quantitative estimate of drug-likeness (QED) is 0.373. The van der Waals surface area contributed by atoms with Crippen LogP contribution in [0, 0.1) is 5.82 Å². The molecule has 136 valence electrons. The van der Waals surface area contributed by atoms with E-state index in [-0.39, 0.29) is 37.8 Å². The van der Waals surface area contributed by atoms with Crippen molar-refractivity contribution in [3.05, 3.63) is 65.5 Å². The molecule has 0 aliphatic carbocycles. The minimum atomic E-state index is -0.300. The first-order valence-electron chi connectivity index (χ1n) is 8.12. The molecule has 0 radical (unpaired) electrons. The first kappa shape index (κ1) is 18.6. The molecule has 0 spiro atoms. The van der Waals surface area contributed by atoms with Gasteiger partial charge in [0.2, 0.25) is 0 Å². The first-order valence-corrected chi connectivity index (χ1v) is 9.34. The second kappa shape index (κ2) is 8.44. The number of ether oxygens (including phenoxy) is 1. The average molecular weight is 374 g/mol. The van der Waals surface area contributed by atoms with Crippen molar-refractivity contribution in [2.45, 2.75) is 11.3 Å². The maximum Gasteiger partial charge on any atom is 0.190 e. The number of thioether (sulfide) groups is 1. The second-order valence-electron chi connectivity index (χ2n) is 5.71. The molecule has 0 aliphatic heterocycles. The Hall–Kier alpha value is -2.22. The third-order valence-corrected chi connectivity index (χ3v) is 4.80. The number of benzene rings is 1. The lowest BCUT2D eigenvalue weighted by molar-refractivity contribution is 0.0663. The Kier molecular flexibility index (Phi) is 6.03. The highest BCUT2D eigenvalue weighted by atomic mass is 32.2. The van der Waals surface area contributed by atoms with Gasteiger partial charge in [-0.25, -0.2) is 9.37 Å².